The van der Waals surface area contributed by atoms with Crippen LogP contribution in [0.3, 0.4) is 0 Å². The van der Waals surface area contributed by atoms with E-state index in [2.05, 4.69) is 39.2 Å². The largest absolute Gasteiger partial charge is 0.367 e. The monoisotopic (exact) mass is 478 g/mol. The second kappa shape index (κ2) is 9.73. The maximum Gasteiger partial charge on any atom is 0.327 e. The Balaban J connectivity index is 0.00000274. The number of Topliss-reactive ketones (excluding diaryl/α,β-unsaturated/α-hetero) is 1. The van der Waals surface area contributed by atoms with E-state index in [0.717, 1.165) is 36.5 Å². The van der Waals surface area contributed by atoms with E-state index in [9.17, 15) is 14.4 Å². The Labute approximate surface area is 203 Å². The van der Waals surface area contributed by atoms with E-state index in [4.69, 9.17) is 0 Å². The minimum absolute atomic E-state index is 0. The summed E-state index contributed by atoms with van der Waals surface area (Å²) in [6.45, 7) is 3.76. The third kappa shape index (κ3) is 4.31. The van der Waals surface area contributed by atoms with Crippen LogP contribution in [0.5, 0.6) is 0 Å². The molecule has 1 aliphatic heterocycles. The van der Waals surface area contributed by atoms with Crippen molar-refractivity contribution in [2.45, 2.75) is 38.6 Å². The summed E-state index contributed by atoms with van der Waals surface area (Å²) in [7, 11) is 0. The predicted octanol–water partition coefficient (Wildman–Crippen LogP) is 4.08. The first-order valence-corrected chi connectivity index (χ1v) is 11.3. The van der Waals surface area contributed by atoms with Crippen molar-refractivity contribution in [3.63, 3.8) is 0 Å². The Morgan fingerprint density at radius 2 is 1.68 bits per heavy atom. The third-order valence-corrected chi connectivity index (χ3v) is 6.48. The molecule has 3 aromatic rings. The zero-order valence-electron chi connectivity index (χ0n) is 18.9. The summed E-state index contributed by atoms with van der Waals surface area (Å²) in [4.78, 5) is 45.0. The van der Waals surface area contributed by atoms with Crippen LogP contribution in [0.4, 0.5) is 11.5 Å². The first-order chi connectivity index (χ1) is 16.0. The number of allylic oxidation sites excluding steroid dienone is 2. The smallest absolute Gasteiger partial charge is 0.327 e. The molecule has 0 saturated heterocycles. The molecule has 0 bridgehead atoms. The van der Waals surface area contributed by atoms with Gasteiger partial charge in [-0.1, -0.05) is 42.5 Å². The van der Waals surface area contributed by atoms with Gasteiger partial charge in [0, 0.05) is 42.4 Å². The molecule has 0 amide bonds. The lowest BCUT2D eigenvalue weighted by Crippen LogP contribution is -2.36. The molecule has 34 heavy (non-hydrogen) atoms. The van der Waals surface area contributed by atoms with Gasteiger partial charge in [0.25, 0.3) is 5.56 Å². The van der Waals surface area contributed by atoms with Gasteiger partial charge < -0.3 is 10.2 Å². The molecule has 0 fully saturated rings. The van der Waals surface area contributed by atoms with Crippen LogP contribution < -0.4 is 21.5 Å². The van der Waals surface area contributed by atoms with Crippen molar-refractivity contribution >= 4 is 29.7 Å². The fourth-order valence-electron chi connectivity index (χ4n) is 4.89. The van der Waals surface area contributed by atoms with E-state index in [-0.39, 0.29) is 18.2 Å². The fraction of sp³-hybridized carbons (Fsp3) is 0.269. The molecular weight excluding hydrogens is 452 g/mol. The summed E-state index contributed by atoms with van der Waals surface area (Å²) < 4.78 is 0. The highest BCUT2D eigenvalue weighted by Gasteiger charge is 2.37. The number of carbonyl (C=O) groups is 1. The third-order valence-electron chi connectivity index (χ3n) is 6.48. The Morgan fingerprint density at radius 1 is 0.941 bits per heavy atom. The lowest BCUT2D eigenvalue weighted by molar-refractivity contribution is -0.116. The first-order valence-electron chi connectivity index (χ1n) is 11.3. The van der Waals surface area contributed by atoms with Crippen molar-refractivity contribution in [1.82, 2.24) is 9.97 Å². The Kier molecular flexibility index (Phi) is 6.75. The predicted molar refractivity (Wildman–Crippen MR) is 136 cm³/mol. The van der Waals surface area contributed by atoms with E-state index in [1.165, 1.54) is 5.56 Å². The lowest BCUT2D eigenvalue weighted by Gasteiger charge is -2.33. The number of H-pyrrole nitrogens is 2. The number of fused-ring (bicyclic) bond motifs is 1. The van der Waals surface area contributed by atoms with E-state index in [0.29, 0.717) is 29.8 Å². The summed E-state index contributed by atoms with van der Waals surface area (Å²) in [5.74, 6) is -0.0817. The highest BCUT2D eigenvalue weighted by atomic mass is 35.5. The molecule has 3 N–H and O–H groups in total. The number of benzene rings is 2. The van der Waals surface area contributed by atoms with Gasteiger partial charge in [-0.15, -0.1) is 12.4 Å². The molecule has 2 heterocycles. The normalized spacial score (nSPS) is 16.7. The van der Waals surface area contributed by atoms with Gasteiger partial charge in [0.2, 0.25) is 0 Å². The number of anilines is 2. The number of nitrogens with zero attached hydrogens (tertiary/aromatic N) is 1. The molecule has 1 atom stereocenters. The van der Waals surface area contributed by atoms with Gasteiger partial charge in [-0.25, -0.2) is 4.79 Å². The number of rotatable bonds is 5. The van der Waals surface area contributed by atoms with Crippen molar-refractivity contribution in [2.75, 3.05) is 16.8 Å². The van der Waals surface area contributed by atoms with E-state index < -0.39 is 17.2 Å². The number of hydrogen-bond donors (Lipinski definition) is 3. The number of hydrogen-bond acceptors (Lipinski definition) is 5. The molecule has 1 aliphatic carbocycles. The standard InChI is InChI=1S/C26H26N4O3.ClH/c1-2-30(15-16-7-4-3-5-8-16)18-13-11-17(12-14-18)21-22-19(9-6-10-20(22)31)27-24-23(21)25(32)29-26(33)28-24;/h3-5,7-8,11-14,21H,2,6,9-10,15H2,1H3,(H3,27,28,29,32,33);1H. The van der Waals surface area contributed by atoms with Crippen LogP contribution in [-0.2, 0) is 11.3 Å². The second-order valence-electron chi connectivity index (χ2n) is 8.52. The average molecular weight is 479 g/mol. The van der Waals surface area contributed by atoms with Crippen LogP contribution in [0.1, 0.15) is 48.8 Å². The van der Waals surface area contributed by atoms with Crippen molar-refractivity contribution < 1.29 is 4.79 Å². The summed E-state index contributed by atoms with van der Waals surface area (Å²) in [6.07, 6.45) is 1.93. The van der Waals surface area contributed by atoms with Gasteiger partial charge in [0.15, 0.2) is 5.78 Å². The van der Waals surface area contributed by atoms with Crippen molar-refractivity contribution in [1.29, 1.82) is 0 Å². The molecule has 0 spiro atoms. The lowest BCUT2D eigenvalue weighted by atomic mass is 9.76. The number of ketones is 1. The summed E-state index contributed by atoms with van der Waals surface area (Å²) >= 11 is 0. The van der Waals surface area contributed by atoms with Crippen LogP contribution >= 0.6 is 12.4 Å². The van der Waals surface area contributed by atoms with Crippen molar-refractivity contribution in [3.05, 3.63) is 103 Å². The second-order valence-corrected chi connectivity index (χ2v) is 8.52. The van der Waals surface area contributed by atoms with E-state index in [1.807, 2.05) is 42.5 Å². The number of halogens is 1. The van der Waals surface area contributed by atoms with Gasteiger partial charge >= 0.3 is 5.69 Å². The van der Waals surface area contributed by atoms with Crippen LogP contribution in [0, 0.1) is 0 Å². The zero-order chi connectivity index (χ0) is 22.9. The van der Waals surface area contributed by atoms with Gasteiger partial charge in [-0.05, 0) is 43.0 Å². The molecule has 0 radical (unpaired) electrons. The summed E-state index contributed by atoms with van der Waals surface area (Å²) in [5.41, 5.74) is 3.94. The number of aromatic nitrogens is 2. The molecule has 176 valence electrons. The highest BCUT2D eigenvalue weighted by molar-refractivity contribution is 6.00. The minimum Gasteiger partial charge on any atom is -0.367 e. The topological polar surface area (TPSA) is 98.1 Å². The number of aromatic amines is 2. The molecule has 2 aliphatic rings. The summed E-state index contributed by atoms with van der Waals surface area (Å²) in [5, 5.41) is 3.15. The number of nitrogens with one attached hydrogen (secondary N) is 3. The van der Waals surface area contributed by atoms with E-state index in [1.54, 1.807) is 0 Å². The molecule has 8 heteroatoms. The quantitative estimate of drug-likeness (QED) is 0.513. The molecule has 5 rings (SSSR count). The van der Waals surface area contributed by atoms with Crippen molar-refractivity contribution in [2.24, 2.45) is 0 Å². The Hall–Kier alpha value is -3.58. The minimum atomic E-state index is -0.564. The fourth-order valence-corrected chi connectivity index (χ4v) is 4.89. The first kappa shape index (κ1) is 23.6. The SMILES string of the molecule is CCN(Cc1ccccc1)c1ccc(C2C3=C(CCCC3=O)Nc3[nH]c(=O)[nH]c(=O)c32)cc1.Cl. The Bertz CT molecular complexity index is 1340. The van der Waals surface area contributed by atoms with Gasteiger partial charge in [-0.2, -0.15) is 0 Å². The molecule has 1 unspecified atom stereocenters. The molecule has 2 aromatic carbocycles. The van der Waals surface area contributed by atoms with Gasteiger partial charge in [0.1, 0.15) is 5.82 Å². The van der Waals surface area contributed by atoms with Crippen LogP contribution in [0.25, 0.3) is 0 Å². The molecule has 7 nitrogen and oxygen atoms in total. The van der Waals surface area contributed by atoms with E-state index >= 15 is 0 Å². The molecule has 1 aromatic heterocycles. The maximum absolute atomic E-state index is 12.9. The zero-order valence-corrected chi connectivity index (χ0v) is 19.7. The van der Waals surface area contributed by atoms with Gasteiger partial charge in [-0.3, -0.25) is 19.6 Å². The van der Waals surface area contributed by atoms with Crippen LogP contribution in [0.2, 0.25) is 0 Å². The summed E-state index contributed by atoms with van der Waals surface area (Å²) in [6, 6.07) is 18.4. The molecule has 0 saturated carbocycles. The molecular formula is C26H27ClN4O3. The Morgan fingerprint density at radius 3 is 2.38 bits per heavy atom. The highest BCUT2D eigenvalue weighted by Crippen LogP contribution is 2.43. The van der Waals surface area contributed by atoms with Crippen molar-refractivity contribution in [3.8, 4) is 0 Å². The average Bonchev–Trinajstić information content (AvgIpc) is 2.82. The van der Waals surface area contributed by atoms with Gasteiger partial charge in [0.05, 0.1) is 5.56 Å². The number of carbonyl (C=O) groups excluding carboxylic acids is 1. The van der Waals surface area contributed by atoms with Crippen LogP contribution in [-0.4, -0.2) is 22.3 Å². The van der Waals surface area contributed by atoms with Crippen LogP contribution in [0.15, 0.2) is 75.5 Å². The maximum atomic E-state index is 12.9.